The molecule has 0 bridgehead atoms. The van der Waals surface area contributed by atoms with Gasteiger partial charge in [-0.3, -0.25) is 4.79 Å². The summed E-state index contributed by atoms with van der Waals surface area (Å²) in [6.07, 6.45) is 5.37. The van der Waals surface area contributed by atoms with Crippen LogP contribution in [0, 0.1) is 0 Å². The van der Waals surface area contributed by atoms with Crippen LogP contribution in [0.25, 0.3) is 6.08 Å². The third-order valence-corrected chi connectivity index (χ3v) is 2.93. The van der Waals surface area contributed by atoms with Gasteiger partial charge >= 0.3 is 0 Å². The number of carbonyl (C=O) groups excluding carboxylic acids is 1. The first-order valence-corrected chi connectivity index (χ1v) is 6.57. The van der Waals surface area contributed by atoms with Gasteiger partial charge in [0.2, 0.25) is 12.7 Å². The first-order chi connectivity index (χ1) is 9.19. The highest BCUT2D eigenvalue weighted by molar-refractivity contribution is 5.91. The highest BCUT2D eigenvalue weighted by Gasteiger charge is 2.12. The maximum Gasteiger partial charge on any atom is 0.244 e. The average molecular weight is 261 g/mol. The molecular weight excluding hydrogens is 242 g/mol. The molecule has 1 aromatic rings. The maximum atomic E-state index is 11.7. The highest BCUT2D eigenvalue weighted by Crippen LogP contribution is 2.32. The number of hydrogen-bond donors (Lipinski definition) is 1. The van der Waals surface area contributed by atoms with E-state index in [0.29, 0.717) is 0 Å². The molecule has 1 aromatic carbocycles. The van der Waals surface area contributed by atoms with Gasteiger partial charge in [-0.15, -0.1) is 0 Å². The molecule has 1 amide bonds. The van der Waals surface area contributed by atoms with Crippen molar-refractivity contribution in [3.8, 4) is 11.5 Å². The molecule has 0 radical (unpaired) electrons. The number of fused-ring (bicyclic) bond motifs is 1. The molecule has 0 saturated heterocycles. The topological polar surface area (TPSA) is 47.6 Å². The Morgan fingerprint density at radius 1 is 1.42 bits per heavy atom. The number of amides is 1. The Kier molecular flexibility index (Phi) is 4.44. The molecular formula is C15H19NO3. The molecule has 1 heterocycles. The molecule has 0 spiro atoms. The third kappa shape index (κ3) is 3.74. The Morgan fingerprint density at radius 2 is 2.21 bits per heavy atom. The summed E-state index contributed by atoms with van der Waals surface area (Å²) in [7, 11) is 0. The molecule has 102 valence electrons. The first kappa shape index (κ1) is 13.5. The van der Waals surface area contributed by atoms with Gasteiger partial charge in [0.1, 0.15) is 0 Å². The number of hydrogen-bond acceptors (Lipinski definition) is 3. The van der Waals surface area contributed by atoms with Crippen LogP contribution in [0.3, 0.4) is 0 Å². The van der Waals surface area contributed by atoms with Crippen molar-refractivity contribution in [1.82, 2.24) is 5.32 Å². The van der Waals surface area contributed by atoms with Gasteiger partial charge in [0.05, 0.1) is 0 Å². The van der Waals surface area contributed by atoms with Crippen LogP contribution >= 0.6 is 0 Å². The van der Waals surface area contributed by atoms with Crippen LogP contribution in [-0.2, 0) is 4.79 Å². The summed E-state index contributed by atoms with van der Waals surface area (Å²) in [5.74, 6) is 1.40. The Hall–Kier alpha value is -1.97. The van der Waals surface area contributed by atoms with Crippen molar-refractivity contribution in [2.75, 3.05) is 6.79 Å². The lowest BCUT2D eigenvalue weighted by Gasteiger charge is -2.10. The molecule has 1 atom stereocenters. The predicted octanol–water partition coefficient (Wildman–Crippen LogP) is 2.73. The molecule has 1 N–H and O–H groups in total. The van der Waals surface area contributed by atoms with E-state index in [0.717, 1.165) is 29.9 Å². The van der Waals surface area contributed by atoms with E-state index in [4.69, 9.17) is 9.47 Å². The van der Waals surface area contributed by atoms with Crippen LogP contribution < -0.4 is 14.8 Å². The minimum Gasteiger partial charge on any atom is -0.454 e. The number of nitrogens with one attached hydrogen (secondary N) is 1. The average Bonchev–Trinajstić information content (AvgIpc) is 2.83. The summed E-state index contributed by atoms with van der Waals surface area (Å²) >= 11 is 0. The SMILES string of the molecule is CCCC(C)NC(=O)/C=C/c1ccc2c(c1)OCO2. The van der Waals surface area contributed by atoms with Crippen molar-refractivity contribution in [3.63, 3.8) is 0 Å². The van der Waals surface area contributed by atoms with Crippen molar-refractivity contribution in [1.29, 1.82) is 0 Å². The van der Waals surface area contributed by atoms with E-state index in [9.17, 15) is 4.79 Å². The summed E-state index contributed by atoms with van der Waals surface area (Å²) in [4.78, 5) is 11.7. The van der Waals surface area contributed by atoms with Crippen LogP contribution in [0.2, 0.25) is 0 Å². The molecule has 0 aliphatic carbocycles. The third-order valence-electron chi connectivity index (χ3n) is 2.93. The number of ether oxygens (including phenoxy) is 2. The largest absolute Gasteiger partial charge is 0.454 e. The summed E-state index contributed by atoms with van der Waals surface area (Å²) < 4.78 is 10.5. The minimum atomic E-state index is -0.0707. The number of benzene rings is 1. The van der Waals surface area contributed by atoms with E-state index in [-0.39, 0.29) is 18.7 Å². The Morgan fingerprint density at radius 3 is 3.00 bits per heavy atom. The molecule has 4 heteroatoms. The molecule has 0 fully saturated rings. The monoisotopic (exact) mass is 261 g/mol. The second kappa shape index (κ2) is 6.27. The van der Waals surface area contributed by atoms with E-state index in [2.05, 4.69) is 12.2 Å². The summed E-state index contributed by atoms with van der Waals surface area (Å²) in [6.45, 7) is 4.37. The van der Waals surface area contributed by atoms with Crippen LogP contribution in [0.15, 0.2) is 24.3 Å². The zero-order valence-electron chi connectivity index (χ0n) is 11.3. The van der Waals surface area contributed by atoms with Crippen LogP contribution in [0.5, 0.6) is 11.5 Å². The van der Waals surface area contributed by atoms with Crippen molar-refractivity contribution in [2.45, 2.75) is 32.7 Å². The van der Waals surface area contributed by atoms with E-state index in [1.165, 1.54) is 0 Å². The zero-order valence-corrected chi connectivity index (χ0v) is 11.3. The van der Waals surface area contributed by atoms with E-state index >= 15 is 0 Å². The lowest BCUT2D eigenvalue weighted by molar-refractivity contribution is -0.117. The van der Waals surface area contributed by atoms with E-state index in [1.807, 2.05) is 25.1 Å². The fourth-order valence-corrected chi connectivity index (χ4v) is 1.98. The van der Waals surface area contributed by atoms with Gasteiger partial charge in [0, 0.05) is 12.1 Å². The van der Waals surface area contributed by atoms with Gasteiger partial charge < -0.3 is 14.8 Å². The molecule has 1 unspecified atom stereocenters. The van der Waals surface area contributed by atoms with Crippen LogP contribution in [0.1, 0.15) is 32.3 Å². The van der Waals surface area contributed by atoms with Gasteiger partial charge in [-0.1, -0.05) is 19.4 Å². The molecule has 4 nitrogen and oxygen atoms in total. The first-order valence-electron chi connectivity index (χ1n) is 6.57. The number of rotatable bonds is 5. The second-order valence-corrected chi connectivity index (χ2v) is 4.64. The molecule has 0 saturated carbocycles. The lowest BCUT2D eigenvalue weighted by Crippen LogP contribution is -2.30. The normalized spacial score (nSPS) is 14.6. The van der Waals surface area contributed by atoms with E-state index < -0.39 is 0 Å². The maximum absolute atomic E-state index is 11.7. The quantitative estimate of drug-likeness (QED) is 0.829. The molecule has 19 heavy (non-hydrogen) atoms. The fourth-order valence-electron chi connectivity index (χ4n) is 1.98. The molecule has 1 aliphatic heterocycles. The fraction of sp³-hybridized carbons (Fsp3) is 0.400. The lowest BCUT2D eigenvalue weighted by atomic mass is 10.1. The Labute approximate surface area is 113 Å². The van der Waals surface area contributed by atoms with Crippen molar-refractivity contribution >= 4 is 12.0 Å². The van der Waals surface area contributed by atoms with Gasteiger partial charge in [0.25, 0.3) is 0 Å². The van der Waals surface area contributed by atoms with Gasteiger partial charge in [-0.05, 0) is 37.1 Å². The smallest absolute Gasteiger partial charge is 0.244 e. The zero-order chi connectivity index (χ0) is 13.7. The van der Waals surface area contributed by atoms with Crippen LogP contribution in [0.4, 0.5) is 0 Å². The molecule has 2 rings (SSSR count). The van der Waals surface area contributed by atoms with E-state index in [1.54, 1.807) is 12.2 Å². The van der Waals surface area contributed by atoms with Crippen molar-refractivity contribution in [3.05, 3.63) is 29.8 Å². The molecule has 0 aromatic heterocycles. The Balaban J connectivity index is 1.93. The van der Waals surface area contributed by atoms with Crippen molar-refractivity contribution in [2.24, 2.45) is 0 Å². The second-order valence-electron chi connectivity index (χ2n) is 4.64. The van der Waals surface area contributed by atoms with Gasteiger partial charge in [-0.2, -0.15) is 0 Å². The standard InChI is InChI=1S/C15H19NO3/c1-3-4-11(2)16-15(17)8-6-12-5-7-13-14(9-12)19-10-18-13/h5-9,11H,3-4,10H2,1-2H3,(H,16,17)/b8-6+. The van der Waals surface area contributed by atoms with Crippen LogP contribution in [-0.4, -0.2) is 18.7 Å². The Bertz CT molecular complexity index is 482. The highest BCUT2D eigenvalue weighted by atomic mass is 16.7. The van der Waals surface area contributed by atoms with Crippen molar-refractivity contribution < 1.29 is 14.3 Å². The summed E-state index contributed by atoms with van der Waals surface area (Å²) in [6, 6.07) is 5.81. The summed E-state index contributed by atoms with van der Waals surface area (Å²) in [5.41, 5.74) is 0.919. The minimum absolute atomic E-state index is 0.0707. The number of carbonyl (C=O) groups is 1. The predicted molar refractivity (Wildman–Crippen MR) is 74.1 cm³/mol. The van der Waals surface area contributed by atoms with Gasteiger partial charge in [0.15, 0.2) is 11.5 Å². The molecule has 1 aliphatic rings. The van der Waals surface area contributed by atoms with Gasteiger partial charge in [-0.25, -0.2) is 0 Å². The summed E-state index contributed by atoms with van der Waals surface area (Å²) in [5, 5.41) is 2.92.